The highest BCUT2D eigenvalue weighted by Crippen LogP contribution is 2.34. The summed E-state index contributed by atoms with van der Waals surface area (Å²) in [6, 6.07) is 10.4. The molecule has 0 unspecified atom stereocenters. The van der Waals surface area contributed by atoms with E-state index in [-0.39, 0.29) is 22.1 Å². The normalized spacial score (nSPS) is 15.7. The fraction of sp³-hybridized carbons (Fsp3) is 0.350. The lowest BCUT2D eigenvalue weighted by Crippen LogP contribution is -2.26. The number of thioether (sulfide) groups is 1. The molecule has 4 nitrogen and oxygen atoms in total. The average Bonchev–Trinajstić information content (AvgIpc) is 3.22. The summed E-state index contributed by atoms with van der Waals surface area (Å²) in [5, 5.41) is 4.01. The van der Waals surface area contributed by atoms with Gasteiger partial charge in [0.1, 0.15) is 5.03 Å². The fourth-order valence-corrected chi connectivity index (χ4v) is 5.43. The van der Waals surface area contributed by atoms with Gasteiger partial charge in [-0.15, -0.1) is 11.3 Å². The van der Waals surface area contributed by atoms with E-state index in [2.05, 4.69) is 15.3 Å². The third kappa shape index (κ3) is 4.62. The smallest absolute Gasteiger partial charge is 0.317 e. The Labute approximate surface area is 173 Å². The summed E-state index contributed by atoms with van der Waals surface area (Å²) in [5.74, 6) is -0.785. The highest BCUT2D eigenvalue weighted by atomic mass is 32.2. The van der Waals surface area contributed by atoms with Gasteiger partial charge in [-0.05, 0) is 50.0 Å². The first kappa shape index (κ1) is 20.3. The van der Waals surface area contributed by atoms with E-state index in [9.17, 15) is 18.0 Å². The van der Waals surface area contributed by atoms with E-state index in [1.807, 2.05) is 12.1 Å². The molecule has 29 heavy (non-hydrogen) atoms. The number of aromatic nitrogens is 2. The number of piperidine rings is 1. The summed E-state index contributed by atoms with van der Waals surface area (Å²) in [6.07, 6.45) is -2.53. The maximum Gasteiger partial charge on any atom is 0.451 e. The molecule has 1 aliphatic rings. The highest BCUT2D eigenvalue weighted by Gasteiger charge is 2.35. The topological polar surface area (TPSA) is 54.9 Å². The van der Waals surface area contributed by atoms with E-state index < -0.39 is 12.0 Å². The molecule has 0 bridgehead atoms. The summed E-state index contributed by atoms with van der Waals surface area (Å²) in [4.78, 5) is 21.8. The van der Waals surface area contributed by atoms with Gasteiger partial charge in [0.25, 0.3) is 0 Å². The number of rotatable bonds is 5. The molecule has 3 aromatic rings. The van der Waals surface area contributed by atoms with Crippen LogP contribution in [-0.2, 0) is 6.18 Å². The van der Waals surface area contributed by atoms with Gasteiger partial charge in [0, 0.05) is 10.3 Å². The average molecular weight is 438 g/mol. The number of hydrogen-bond acceptors (Lipinski definition) is 6. The van der Waals surface area contributed by atoms with Crippen LogP contribution < -0.4 is 5.32 Å². The molecular formula is C20H18F3N3OS2. The van der Waals surface area contributed by atoms with Crippen molar-refractivity contribution in [2.24, 2.45) is 0 Å². The largest absolute Gasteiger partial charge is 0.451 e. The van der Waals surface area contributed by atoms with Gasteiger partial charge in [-0.25, -0.2) is 9.97 Å². The van der Waals surface area contributed by atoms with E-state index in [1.54, 1.807) is 18.2 Å². The molecule has 3 heterocycles. The quantitative estimate of drug-likeness (QED) is 0.340. The van der Waals surface area contributed by atoms with E-state index in [0.29, 0.717) is 16.2 Å². The number of benzene rings is 1. The van der Waals surface area contributed by atoms with Crippen molar-refractivity contribution in [2.45, 2.75) is 30.0 Å². The second kappa shape index (κ2) is 8.41. The van der Waals surface area contributed by atoms with Gasteiger partial charge in [-0.3, -0.25) is 4.79 Å². The number of halogens is 3. The number of para-hydroxylation sites is 1. The molecule has 152 valence electrons. The van der Waals surface area contributed by atoms with Crippen molar-refractivity contribution in [3.05, 3.63) is 52.0 Å². The first-order valence-corrected chi connectivity index (χ1v) is 11.0. The predicted molar refractivity (Wildman–Crippen MR) is 109 cm³/mol. The number of nitrogens with one attached hydrogen (secondary N) is 1. The van der Waals surface area contributed by atoms with Crippen LogP contribution in [0.5, 0.6) is 0 Å². The standard InChI is InChI=1S/C20H18F3N3OS2/c21-20(22,23)19-25-14-4-2-1-3-13(14)18(26-19)28-11-15(27)17-6-5-16(29-17)12-7-9-24-10-8-12/h1-6,12,24H,7-11H2. The molecule has 0 aliphatic carbocycles. The Morgan fingerprint density at radius 3 is 2.66 bits per heavy atom. The van der Waals surface area contributed by atoms with Crippen LogP contribution in [0.3, 0.4) is 0 Å². The summed E-state index contributed by atoms with van der Waals surface area (Å²) in [7, 11) is 0. The SMILES string of the molecule is O=C(CSc1nc(C(F)(F)F)nc2ccccc12)c1ccc(C2CCNCC2)s1. The van der Waals surface area contributed by atoms with Crippen LogP contribution in [0.15, 0.2) is 41.4 Å². The third-order valence-electron chi connectivity index (χ3n) is 4.80. The van der Waals surface area contributed by atoms with Crippen LogP contribution in [0.4, 0.5) is 13.2 Å². The van der Waals surface area contributed by atoms with Crippen LogP contribution in [0, 0.1) is 0 Å². The highest BCUT2D eigenvalue weighted by molar-refractivity contribution is 8.00. The van der Waals surface area contributed by atoms with Crippen molar-refractivity contribution in [3.8, 4) is 0 Å². The van der Waals surface area contributed by atoms with E-state index in [4.69, 9.17) is 0 Å². The second-order valence-corrected chi connectivity index (χ2v) is 8.88. The molecule has 1 aromatic carbocycles. The maximum atomic E-state index is 13.1. The van der Waals surface area contributed by atoms with Gasteiger partial charge in [0.05, 0.1) is 16.1 Å². The summed E-state index contributed by atoms with van der Waals surface area (Å²) >= 11 is 2.51. The lowest BCUT2D eigenvalue weighted by molar-refractivity contribution is -0.145. The Morgan fingerprint density at radius 2 is 1.90 bits per heavy atom. The first-order valence-electron chi connectivity index (χ1n) is 9.22. The summed E-state index contributed by atoms with van der Waals surface area (Å²) in [5.41, 5.74) is 0.217. The van der Waals surface area contributed by atoms with Crippen LogP contribution in [0.25, 0.3) is 10.9 Å². The number of thiophene rings is 1. The number of Topliss-reactive ketones (excluding diaryl/α,β-unsaturated/α-hetero) is 1. The predicted octanol–water partition coefficient (Wildman–Crippen LogP) is 5.15. The molecule has 9 heteroatoms. The summed E-state index contributed by atoms with van der Waals surface area (Å²) < 4.78 is 39.4. The number of fused-ring (bicyclic) bond motifs is 1. The Bertz CT molecular complexity index is 1030. The zero-order chi connectivity index (χ0) is 20.4. The zero-order valence-corrected chi connectivity index (χ0v) is 17.0. The van der Waals surface area contributed by atoms with E-state index in [0.717, 1.165) is 37.7 Å². The molecule has 0 spiro atoms. The van der Waals surface area contributed by atoms with Crippen molar-refractivity contribution in [1.82, 2.24) is 15.3 Å². The molecule has 0 radical (unpaired) electrons. The van der Waals surface area contributed by atoms with Crippen molar-refractivity contribution in [2.75, 3.05) is 18.8 Å². The van der Waals surface area contributed by atoms with Crippen molar-refractivity contribution in [1.29, 1.82) is 0 Å². The van der Waals surface area contributed by atoms with Gasteiger partial charge >= 0.3 is 6.18 Å². The Balaban J connectivity index is 1.52. The lowest BCUT2D eigenvalue weighted by atomic mass is 9.97. The van der Waals surface area contributed by atoms with Crippen molar-refractivity contribution >= 4 is 39.8 Å². The van der Waals surface area contributed by atoms with Gasteiger partial charge < -0.3 is 5.32 Å². The molecule has 0 atom stereocenters. The third-order valence-corrected chi connectivity index (χ3v) is 7.08. The number of hydrogen-bond donors (Lipinski definition) is 1. The Morgan fingerprint density at radius 1 is 1.14 bits per heavy atom. The van der Waals surface area contributed by atoms with E-state index in [1.165, 1.54) is 22.3 Å². The monoisotopic (exact) mass is 437 g/mol. The van der Waals surface area contributed by atoms with Crippen molar-refractivity contribution in [3.63, 3.8) is 0 Å². The molecule has 1 N–H and O–H groups in total. The maximum absolute atomic E-state index is 13.1. The van der Waals surface area contributed by atoms with Crippen molar-refractivity contribution < 1.29 is 18.0 Å². The van der Waals surface area contributed by atoms with Gasteiger partial charge in [0.2, 0.25) is 5.82 Å². The molecular weight excluding hydrogens is 419 g/mol. The van der Waals surface area contributed by atoms with Crippen LogP contribution in [0.2, 0.25) is 0 Å². The lowest BCUT2D eigenvalue weighted by Gasteiger charge is -2.21. The van der Waals surface area contributed by atoms with Crippen LogP contribution in [-0.4, -0.2) is 34.6 Å². The molecule has 2 aromatic heterocycles. The molecule has 4 rings (SSSR count). The van der Waals surface area contributed by atoms with Gasteiger partial charge in [-0.1, -0.05) is 30.0 Å². The second-order valence-electron chi connectivity index (χ2n) is 6.81. The van der Waals surface area contributed by atoms with Crippen LogP contribution in [0.1, 0.15) is 39.1 Å². The minimum absolute atomic E-state index is 0.0322. The number of nitrogens with zero attached hydrogens (tertiary/aromatic N) is 2. The van der Waals surface area contributed by atoms with Gasteiger partial charge in [-0.2, -0.15) is 13.2 Å². The first-order chi connectivity index (χ1) is 13.9. The minimum atomic E-state index is -4.64. The fourth-order valence-electron chi connectivity index (χ4n) is 3.32. The Kier molecular flexibility index (Phi) is 5.89. The molecule has 0 amide bonds. The number of alkyl halides is 3. The molecule has 1 aliphatic heterocycles. The molecule has 1 fully saturated rings. The Hall–Kier alpha value is -1.97. The summed E-state index contributed by atoms with van der Waals surface area (Å²) in [6.45, 7) is 1.95. The zero-order valence-electron chi connectivity index (χ0n) is 15.3. The molecule has 1 saturated heterocycles. The number of ketones is 1. The van der Waals surface area contributed by atoms with Gasteiger partial charge in [0.15, 0.2) is 5.78 Å². The van der Waals surface area contributed by atoms with E-state index >= 15 is 0 Å². The van der Waals surface area contributed by atoms with Crippen LogP contribution >= 0.6 is 23.1 Å². The number of carbonyl (C=O) groups is 1. The molecule has 0 saturated carbocycles. The number of carbonyl (C=O) groups excluding carboxylic acids is 1. The minimum Gasteiger partial charge on any atom is -0.317 e.